The van der Waals surface area contributed by atoms with Crippen molar-refractivity contribution in [2.75, 3.05) is 20.8 Å². The van der Waals surface area contributed by atoms with Crippen molar-refractivity contribution in [2.45, 2.75) is 12.8 Å². The summed E-state index contributed by atoms with van der Waals surface area (Å²) in [6.07, 6.45) is 2.89. The summed E-state index contributed by atoms with van der Waals surface area (Å²) < 4.78 is 12.7. The first-order chi connectivity index (χ1) is 15.1. The molecule has 4 aromatic rings. The van der Waals surface area contributed by atoms with Crippen LogP contribution in [0.4, 0.5) is 0 Å². The fourth-order valence-corrected chi connectivity index (χ4v) is 4.21. The van der Waals surface area contributed by atoms with E-state index in [-0.39, 0.29) is 18.1 Å². The monoisotopic (exact) mass is 437 g/mol. The van der Waals surface area contributed by atoms with Crippen LogP contribution in [0, 0.1) is 0 Å². The number of ether oxygens (including phenoxy) is 2. The Hall–Kier alpha value is -3.52. The van der Waals surface area contributed by atoms with Crippen molar-refractivity contribution in [1.82, 2.24) is 14.7 Å². The number of benzene rings is 2. The number of phenols is 1. The lowest BCUT2D eigenvalue weighted by Crippen LogP contribution is -2.27. The van der Waals surface area contributed by atoms with E-state index in [1.165, 1.54) is 11.3 Å². The summed E-state index contributed by atoms with van der Waals surface area (Å²) in [5.74, 6) is 1.62. The van der Waals surface area contributed by atoms with Crippen LogP contribution in [-0.4, -0.2) is 41.2 Å². The number of phenolic OH excluding ortho intramolecular Hbond substituents is 1. The first kappa shape index (κ1) is 20.7. The number of carbonyl (C=O) groups is 1. The maximum Gasteiger partial charge on any atom is 0.225 e. The Labute approximate surface area is 183 Å². The fourth-order valence-electron chi connectivity index (χ4n) is 3.34. The third-order valence-electron chi connectivity index (χ3n) is 4.98. The van der Waals surface area contributed by atoms with Crippen LogP contribution in [0.3, 0.4) is 0 Å². The summed E-state index contributed by atoms with van der Waals surface area (Å²) in [5, 5.41) is 14.2. The van der Waals surface area contributed by atoms with Crippen molar-refractivity contribution in [3.05, 3.63) is 65.3 Å². The van der Waals surface area contributed by atoms with Crippen molar-refractivity contribution < 1.29 is 19.4 Å². The Morgan fingerprint density at radius 2 is 1.97 bits per heavy atom. The molecule has 0 saturated carbocycles. The van der Waals surface area contributed by atoms with E-state index in [9.17, 15) is 9.90 Å². The molecule has 0 aliphatic rings. The van der Waals surface area contributed by atoms with Gasteiger partial charge >= 0.3 is 0 Å². The van der Waals surface area contributed by atoms with E-state index in [2.05, 4.69) is 5.32 Å². The number of aromatic nitrogens is 2. The third kappa shape index (κ3) is 4.64. The molecular weight excluding hydrogens is 414 g/mol. The summed E-state index contributed by atoms with van der Waals surface area (Å²) in [6, 6.07) is 12.6. The van der Waals surface area contributed by atoms with Gasteiger partial charge in [0.1, 0.15) is 17.2 Å². The van der Waals surface area contributed by atoms with Gasteiger partial charge in [-0.05, 0) is 42.3 Å². The second-order valence-corrected chi connectivity index (χ2v) is 7.85. The summed E-state index contributed by atoms with van der Waals surface area (Å²) >= 11 is 1.49. The van der Waals surface area contributed by atoms with Crippen molar-refractivity contribution in [3.63, 3.8) is 0 Å². The van der Waals surface area contributed by atoms with Gasteiger partial charge in [0, 0.05) is 29.4 Å². The molecule has 2 aromatic carbocycles. The van der Waals surface area contributed by atoms with Crippen LogP contribution in [0.2, 0.25) is 0 Å². The molecule has 0 saturated heterocycles. The van der Waals surface area contributed by atoms with Gasteiger partial charge in [0.25, 0.3) is 0 Å². The quantitative estimate of drug-likeness (QED) is 0.439. The van der Waals surface area contributed by atoms with Crippen molar-refractivity contribution in [1.29, 1.82) is 0 Å². The minimum Gasteiger partial charge on any atom is -0.508 e. The van der Waals surface area contributed by atoms with E-state index in [0.717, 1.165) is 33.2 Å². The molecule has 0 bridgehead atoms. The molecule has 0 aliphatic heterocycles. The maximum absolute atomic E-state index is 12.4. The van der Waals surface area contributed by atoms with Gasteiger partial charge in [-0.15, -0.1) is 11.3 Å². The molecule has 4 rings (SSSR count). The van der Waals surface area contributed by atoms with Crippen LogP contribution in [0.15, 0.2) is 54.0 Å². The maximum atomic E-state index is 12.4. The molecule has 0 unspecified atom stereocenters. The first-order valence-electron chi connectivity index (χ1n) is 9.80. The first-order valence-corrected chi connectivity index (χ1v) is 10.7. The Morgan fingerprint density at radius 1 is 1.16 bits per heavy atom. The van der Waals surface area contributed by atoms with E-state index in [1.54, 1.807) is 26.4 Å². The standard InChI is InChI=1S/C23H23N3O4S/c1-29-18-7-8-21(30-2)19(12-18)20-13-26-16(14-31-23(26)25-20)11-22(28)24-10-9-15-3-5-17(27)6-4-15/h3-8,12-14,27H,9-11H2,1-2H3,(H,24,28). The summed E-state index contributed by atoms with van der Waals surface area (Å²) in [5.41, 5.74) is 3.53. The zero-order chi connectivity index (χ0) is 21.8. The summed E-state index contributed by atoms with van der Waals surface area (Å²) in [7, 11) is 3.24. The van der Waals surface area contributed by atoms with Gasteiger partial charge < -0.3 is 19.9 Å². The highest BCUT2D eigenvalue weighted by Gasteiger charge is 2.15. The van der Waals surface area contributed by atoms with Gasteiger partial charge in [0.15, 0.2) is 4.96 Å². The minimum atomic E-state index is -0.0484. The Kier molecular flexibility index (Phi) is 6.08. The molecule has 8 heteroatoms. The number of rotatable bonds is 8. The van der Waals surface area contributed by atoms with Crippen molar-refractivity contribution in [2.24, 2.45) is 0 Å². The molecule has 0 spiro atoms. The van der Waals surface area contributed by atoms with Crippen LogP contribution in [0.5, 0.6) is 17.2 Å². The number of thiazole rings is 1. The lowest BCUT2D eigenvalue weighted by molar-refractivity contribution is -0.120. The van der Waals surface area contributed by atoms with Crippen LogP contribution < -0.4 is 14.8 Å². The van der Waals surface area contributed by atoms with Crippen LogP contribution in [0.25, 0.3) is 16.2 Å². The predicted molar refractivity (Wildman–Crippen MR) is 120 cm³/mol. The molecule has 0 fully saturated rings. The van der Waals surface area contributed by atoms with Crippen LogP contribution >= 0.6 is 11.3 Å². The number of amides is 1. The largest absolute Gasteiger partial charge is 0.508 e. The van der Waals surface area contributed by atoms with Crippen molar-refractivity contribution in [3.8, 4) is 28.5 Å². The van der Waals surface area contributed by atoms with Gasteiger partial charge in [-0.2, -0.15) is 0 Å². The lowest BCUT2D eigenvalue weighted by atomic mass is 10.1. The third-order valence-corrected chi connectivity index (χ3v) is 5.87. The second kappa shape index (κ2) is 9.09. The SMILES string of the molecule is COc1ccc(OC)c(-c2cn3c(CC(=O)NCCc4ccc(O)cc4)csc3n2)c1. The highest BCUT2D eigenvalue weighted by molar-refractivity contribution is 7.15. The molecule has 1 amide bonds. The number of aromatic hydroxyl groups is 1. The fraction of sp³-hybridized carbons (Fsp3) is 0.217. The highest BCUT2D eigenvalue weighted by Crippen LogP contribution is 2.34. The Bertz CT molecular complexity index is 1200. The number of methoxy groups -OCH3 is 2. The van der Waals surface area contributed by atoms with Crippen molar-refractivity contribution >= 4 is 22.2 Å². The molecular formula is C23H23N3O4S. The molecule has 0 atom stereocenters. The summed E-state index contributed by atoms with van der Waals surface area (Å²) in [4.78, 5) is 18.0. The normalized spacial score (nSPS) is 10.9. The van der Waals surface area contributed by atoms with Crippen LogP contribution in [-0.2, 0) is 17.6 Å². The molecule has 31 heavy (non-hydrogen) atoms. The average molecular weight is 438 g/mol. The number of fused-ring (bicyclic) bond motifs is 1. The van der Waals surface area contributed by atoms with Gasteiger partial charge in [-0.1, -0.05) is 12.1 Å². The molecule has 160 valence electrons. The van der Waals surface area contributed by atoms with E-state index >= 15 is 0 Å². The van der Waals surface area contributed by atoms with Gasteiger partial charge in [-0.25, -0.2) is 4.98 Å². The Balaban J connectivity index is 1.45. The van der Waals surface area contributed by atoms with Gasteiger partial charge in [0.05, 0.1) is 26.3 Å². The zero-order valence-electron chi connectivity index (χ0n) is 17.3. The number of hydrogen-bond acceptors (Lipinski definition) is 6. The number of nitrogens with zero attached hydrogens (tertiary/aromatic N) is 2. The zero-order valence-corrected chi connectivity index (χ0v) is 18.1. The number of carbonyl (C=O) groups excluding carboxylic acids is 1. The smallest absolute Gasteiger partial charge is 0.225 e. The number of nitrogens with one attached hydrogen (secondary N) is 1. The topological polar surface area (TPSA) is 85.1 Å². The molecule has 0 radical (unpaired) electrons. The summed E-state index contributed by atoms with van der Waals surface area (Å²) in [6.45, 7) is 0.535. The average Bonchev–Trinajstić information content (AvgIpc) is 3.36. The molecule has 0 aliphatic carbocycles. The molecule has 2 heterocycles. The highest BCUT2D eigenvalue weighted by atomic mass is 32.1. The molecule has 2 aromatic heterocycles. The van der Waals surface area contributed by atoms with E-state index < -0.39 is 0 Å². The second-order valence-electron chi connectivity index (χ2n) is 7.02. The minimum absolute atomic E-state index is 0.0484. The number of imidazole rings is 1. The predicted octanol–water partition coefficient (Wildman–Crippen LogP) is 3.69. The van der Waals surface area contributed by atoms with E-state index in [0.29, 0.717) is 18.7 Å². The lowest BCUT2D eigenvalue weighted by Gasteiger charge is -2.08. The molecule has 7 nitrogen and oxygen atoms in total. The van der Waals surface area contributed by atoms with Gasteiger partial charge in [-0.3, -0.25) is 9.20 Å². The number of hydrogen-bond donors (Lipinski definition) is 2. The van der Waals surface area contributed by atoms with E-state index in [4.69, 9.17) is 14.5 Å². The molecule has 2 N–H and O–H groups in total. The van der Waals surface area contributed by atoms with Gasteiger partial charge in [0.2, 0.25) is 5.91 Å². The van der Waals surface area contributed by atoms with Crippen LogP contribution in [0.1, 0.15) is 11.3 Å². The van der Waals surface area contributed by atoms with E-state index in [1.807, 2.05) is 46.3 Å². The Morgan fingerprint density at radius 3 is 2.71 bits per heavy atom.